The Kier molecular flexibility index (Phi) is 3.34. The van der Waals surface area contributed by atoms with Crippen molar-refractivity contribution in [1.29, 1.82) is 0 Å². The monoisotopic (exact) mass is 259 g/mol. The molecule has 1 aromatic heterocycles. The highest BCUT2D eigenvalue weighted by Gasteiger charge is 2.10. The van der Waals surface area contributed by atoms with E-state index in [2.05, 4.69) is 67.4 Å². The van der Waals surface area contributed by atoms with Crippen LogP contribution in [0.25, 0.3) is 22.4 Å². The number of aryl methyl sites for hydroxylation is 1. The average Bonchev–Trinajstić information content (AvgIpc) is 2.51. The minimum Gasteiger partial charge on any atom is -0.256 e. The summed E-state index contributed by atoms with van der Waals surface area (Å²) in [5, 5.41) is 0. The van der Waals surface area contributed by atoms with Gasteiger partial charge >= 0.3 is 0 Å². The maximum Gasteiger partial charge on any atom is 0.0780 e. The van der Waals surface area contributed by atoms with E-state index in [0.717, 1.165) is 11.3 Å². The quantitative estimate of drug-likeness (QED) is 0.628. The molecule has 0 radical (unpaired) electrons. The van der Waals surface area contributed by atoms with E-state index in [1.54, 1.807) is 0 Å². The zero-order chi connectivity index (χ0) is 13.9. The molecule has 98 valence electrons. The second kappa shape index (κ2) is 5.30. The molecule has 2 aromatic carbocycles. The van der Waals surface area contributed by atoms with Crippen molar-refractivity contribution in [2.75, 3.05) is 0 Å². The van der Waals surface area contributed by atoms with Crippen LogP contribution >= 0.6 is 0 Å². The first kappa shape index (κ1) is 12.6. The van der Waals surface area contributed by atoms with E-state index in [0.29, 0.717) is 0 Å². The summed E-state index contributed by atoms with van der Waals surface area (Å²) in [5.74, 6) is 0. The smallest absolute Gasteiger partial charge is 0.0780 e. The van der Waals surface area contributed by atoms with Gasteiger partial charge in [0, 0.05) is 17.3 Å². The van der Waals surface area contributed by atoms with Crippen LogP contribution in [0, 0.1) is 13.8 Å². The lowest BCUT2D eigenvalue weighted by atomic mass is 9.94. The highest BCUT2D eigenvalue weighted by molar-refractivity contribution is 5.82. The number of aromatic nitrogens is 1. The first-order valence-corrected chi connectivity index (χ1v) is 6.84. The number of pyridine rings is 1. The minimum atomic E-state index is 1.04. The Bertz CT molecular complexity index is 730. The van der Waals surface area contributed by atoms with Gasteiger partial charge in [0.2, 0.25) is 0 Å². The SMILES string of the molecule is Cc1cccc(-c2cccnc2-c2ccccc2)c1C. The van der Waals surface area contributed by atoms with Crippen molar-refractivity contribution in [2.45, 2.75) is 13.8 Å². The fourth-order valence-electron chi connectivity index (χ4n) is 2.49. The van der Waals surface area contributed by atoms with E-state index < -0.39 is 0 Å². The molecule has 0 fully saturated rings. The molecule has 1 nitrogen and oxygen atoms in total. The van der Waals surface area contributed by atoms with Crippen LogP contribution in [0.1, 0.15) is 11.1 Å². The molecule has 0 saturated heterocycles. The van der Waals surface area contributed by atoms with Crippen molar-refractivity contribution < 1.29 is 0 Å². The molecule has 0 aliphatic rings. The van der Waals surface area contributed by atoms with Crippen LogP contribution < -0.4 is 0 Å². The number of hydrogen-bond acceptors (Lipinski definition) is 1. The Morgan fingerprint density at radius 1 is 0.700 bits per heavy atom. The third-order valence-electron chi connectivity index (χ3n) is 3.75. The van der Waals surface area contributed by atoms with Gasteiger partial charge in [-0.3, -0.25) is 4.98 Å². The van der Waals surface area contributed by atoms with E-state index in [-0.39, 0.29) is 0 Å². The molecule has 3 aromatic rings. The van der Waals surface area contributed by atoms with Crippen LogP contribution in [0.15, 0.2) is 66.9 Å². The van der Waals surface area contributed by atoms with Crippen molar-refractivity contribution in [3.63, 3.8) is 0 Å². The fourth-order valence-corrected chi connectivity index (χ4v) is 2.49. The maximum atomic E-state index is 4.60. The van der Waals surface area contributed by atoms with Crippen LogP contribution in [0.3, 0.4) is 0 Å². The van der Waals surface area contributed by atoms with Crippen molar-refractivity contribution in [1.82, 2.24) is 4.98 Å². The van der Waals surface area contributed by atoms with Gasteiger partial charge in [0.05, 0.1) is 5.69 Å². The minimum absolute atomic E-state index is 1.04. The van der Waals surface area contributed by atoms with E-state index in [4.69, 9.17) is 0 Å². The topological polar surface area (TPSA) is 12.9 Å². The third-order valence-corrected chi connectivity index (χ3v) is 3.75. The zero-order valence-electron chi connectivity index (χ0n) is 11.8. The normalized spacial score (nSPS) is 10.5. The van der Waals surface area contributed by atoms with Crippen molar-refractivity contribution in [3.8, 4) is 22.4 Å². The van der Waals surface area contributed by atoms with Crippen molar-refractivity contribution >= 4 is 0 Å². The molecule has 0 bridgehead atoms. The van der Waals surface area contributed by atoms with E-state index in [1.165, 1.54) is 22.3 Å². The molecule has 0 saturated carbocycles. The predicted molar refractivity (Wildman–Crippen MR) is 84.6 cm³/mol. The Morgan fingerprint density at radius 2 is 1.45 bits per heavy atom. The van der Waals surface area contributed by atoms with Crippen molar-refractivity contribution in [2.24, 2.45) is 0 Å². The Hall–Kier alpha value is -2.41. The van der Waals surface area contributed by atoms with E-state index >= 15 is 0 Å². The standard InChI is InChI=1S/C19H17N/c1-14-8-6-11-17(15(14)2)18-12-7-13-20-19(18)16-9-4-3-5-10-16/h3-13H,1-2H3. The van der Waals surface area contributed by atoms with E-state index in [1.807, 2.05) is 18.3 Å². The Labute approximate surface area is 119 Å². The molecular formula is C19H17N. The van der Waals surface area contributed by atoms with Gasteiger partial charge in [-0.05, 0) is 36.6 Å². The first-order chi connectivity index (χ1) is 9.77. The summed E-state index contributed by atoms with van der Waals surface area (Å²) < 4.78 is 0. The number of rotatable bonds is 2. The van der Waals surface area contributed by atoms with Crippen molar-refractivity contribution in [3.05, 3.63) is 78.0 Å². The molecule has 0 unspecified atom stereocenters. The highest BCUT2D eigenvalue weighted by atomic mass is 14.7. The van der Waals surface area contributed by atoms with Gasteiger partial charge in [0.15, 0.2) is 0 Å². The average molecular weight is 259 g/mol. The summed E-state index contributed by atoms with van der Waals surface area (Å²) in [6.07, 6.45) is 1.86. The van der Waals surface area contributed by atoms with Gasteiger partial charge in [-0.15, -0.1) is 0 Å². The zero-order valence-corrected chi connectivity index (χ0v) is 11.8. The predicted octanol–water partition coefficient (Wildman–Crippen LogP) is 5.03. The lowest BCUT2D eigenvalue weighted by Gasteiger charge is -2.12. The summed E-state index contributed by atoms with van der Waals surface area (Å²) in [6.45, 7) is 4.32. The summed E-state index contributed by atoms with van der Waals surface area (Å²) >= 11 is 0. The lowest BCUT2D eigenvalue weighted by molar-refractivity contribution is 1.30. The van der Waals surface area contributed by atoms with Gasteiger partial charge in [-0.1, -0.05) is 54.6 Å². The Morgan fingerprint density at radius 3 is 2.25 bits per heavy atom. The molecular weight excluding hydrogens is 242 g/mol. The summed E-state index contributed by atoms with van der Waals surface area (Å²) in [7, 11) is 0. The van der Waals surface area contributed by atoms with Gasteiger partial charge in [0.1, 0.15) is 0 Å². The molecule has 0 spiro atoms. The molecule has 20 heavy (non-hydrogen) atoms. The van der Waals surface area contributed by atoms with Crippen LogP contribution in [0.2, 0.25) is 0 Å². The number of nitrogens with zero attached hydrogens (tertiary/aromatic N) is 1. The second-order valence-corrected chi connectivity index (χ2v) is 5.01. The summed E-state index contributed by atoms with van der Waals surface area (Å²) in [5.41, 5.74) is 7.28. The van der Waals surface area contributed by atoms with Crippen LogP contribution in [-0.4, -0.2) is 4.98 Å². The number of hydrogen-bond donors (Lipinski definition) is 0. The lowest BCUT2D eigenvalue weighted by Crippen LogP contribution is -1.92. The van der Waals surface area contributed by atoms with Gasteiger partial charge in [0.25, 0.3) is 0 Å². The van der Waals surface area contributed by atoms with Gasteiger partial charge < -0.3 is 0 Å². The first-order valence-electron chi connectivity index (χ1n) is 6.84. The molecule has 0 atom stereocenters. The van der Waals surface area contributed by atoms with Gasteiger partial charge in [-0.2, -0.15) is 0 Å². The molecule has 0 N–H and O–H groups in total. The van der Waals surface area contributed by atoms with Gasteiger partial charge in [-0.25, -0.2) is 0 Å². The molecule has 0 aliphatic heterocycles. The molecule has 1 heteroatoms. The van der Waals surface area contributed by atoms with Crippen LogP contribution in [-0.2, 0) is 0 Å². The molecule has 0 amide bonds. The van der Waals surface area contributed by atoms with Crippen LogP contribution in [0.4, 0.5) is 0 Å². The summed E-state index contributed by atoms with van der Waals surface area (Å²) in [4.78, 5) is 4.60. The maximum absolute atomic E-state index is 4.60. The molecule has 3 rings (SSSR count). The van der Waals surface area contributed by atoms with E-state index in [9.17, 15) is 0 Å². The Balaban J connectivity index is 2.23. The van der Waals surface area contributed by atoms with Crippen LogP contribution in [0.5, 0.6) is 0 Å². The molecule has 1 heterocycles. The highest BCUT2D eigenvalue weighted by Crippen LogP contribution is 2.32. The number of benzene rings is 2. The summed E-state index contributed by atoms with van der Waals surface area (Å²) in [6, 6.07) is 20.9. The third kappa shape index (κ3) is 2.23. The molecule has 0 aliphatic carbocycles. The second-order valence-electron chi connectivity index (χ2n) is 5.01. The fraction of sp³-hybridized carbons (Fsp3) is 0.105. The largest absolute Gasteiger partial charge is 0.256 e.